The molecule has 5 aliphatic carbocycles. The summed E-state index contributed by atoms with van der Waals surface area (Å²) in [5.41, 5.74) is 0. The number of rotatable bonds is 30. The third-order valence-corrected chi connectivity index (χ3v) is 36.2. The SMILES string of the molecule is COC1CCCC(CC[Si]2O[Si](CCC3CCC(OC(C)C)CC3)(OC)O[Si](CCC3CCC(OC(C)C)CC3)(O[Si](CCC3CCC(OC(C)C)CC3)(OC)O[Si](CC3CCCC(OC)C3)(OC)OC)O2)C1. The lowest BCUT2D eigenvalue weighted by atomic mass is 9.85. The normalized spacial score (nSPS) is 35.2. The van der Waals surface area contributed by atoms with Crippen molar-refractivity contribution in [3.05, 3.63) is 0 Å². The molecule has 5 saturated carbocycles. The van der Waals surface area contributed by atoms with E-state index in [4.69, 9.17) is 62.0 Å². The maximum atomic E-state index is 8.05. The Balaban J connectivity index is 1.36. The molecule has 7 atom stereocenters. The molecule has 0 aromatic heterocycles. The van der Waals surface area contributed by atoms with Gasteiger partial charge in [-0.3, -0.25) is 0 Å². The fourth-order valence-corrected chi connectivity index (χ4v) is 36.0. The van der Waals surface area contributed by atoms with E-state index in [-0.39, 0.29) is 24.4 Å². The lowest BCUT2D eigenvalue weighted by Gasteiger charge is -2.49. The Hall–Kier alpha value is 0.524. The van der Waals surface area contributed by atoms with Crippen LogP contribution in [-0.4, -0.2) is 136 Å². The highest BCUT2D eigenvalue weighted by Gasteiger charge is 2.66. The molecule has 73 heavy (non-hydrogen) atoms. The van der Waals surface area contributed by atoms with Crippen LogP contribution in [0.3, 0.4) is 0 Å². The van der Waals surface area contributed by atoms with Crippen LogP contribution in [0.4, 0.5) is 0 Å². The lowest BCUT2D eigenvalue weighted by Crippen LogP contribution is -2.71. The van der Waals surface area contributed by atoms with Gasteiger partial charge >= 0.3 is 44.5 Å². The van der Waals surface area contributed by atoms with Crippen molar-refractivity contribution in [1.29, 1.82) is 0 Å². The summed E-state index contributed by atoms with van der Waals surface area (Å²) >= 11 is 0. The summed E-state index contributed by atoms with van der Waals surface area (Å²) in [5.74, 6) is 2.41. The first kappa shape index (κ1) is 62.7. The van der Waals surface area contributed by atoms with E-state index in [1.54, 1.807) is 21.3 Å². The van der Waals surface area contributed by atoms with Gasteiger partial charge in [-0.15, -0.1) is 0 Å². The summed E-state index contributed by atoms with van der Waals surface area (Å²) in [6, 6.07) is 3.50. The third kappa shape index (κ3) is 19.9. The fraction of sp³-hybridized carbons (Fsp3) is 1.00. The largest absolute Gasteiger partial charge is 0.493 e. The van der Waals surface area contributed by atoms with Crippen LogP contribution in [0.2, 0.25) is 30.2 Å². The minimum Gasteiger partial charge on any atom is -0.393 e. The second-order valence-corrected chi connectivity index (χ2v) is 38.4. The van der Waals surface area contributed by atoms with Crippen molar-refractivity contribution in [2.45, 2.75) is 275 Å². The van der Waals surface area contributed by atoms with Gasteiger partial charge in [0.15, 0.2) is 0 Å². The molecule has 0 aromatic rings. The third-order valence-electron chi connectivity index (χ3n) is 17.5. The van der Waals surface area contributed by atoms with E-state index in [1.807, 2.05) is 21.3 Å². The predicted octanol–water partition coefficient (Wildman–Crippen LogP) is 12.8. The van der Waals surface area contributed by atoms with Crippen molar-refractivity contribution in [1.82, 2.24) is 0 Å². The second-order valence-electron chi connectivity index (χ2n) is 24.1. The Morgan fingerprint density at radius 1 is 0.466 bits per heavy atom. The average molecular weight is 1120 g/mol. The van der Waals surface area contributed by atoms with Gasteiger partial charge in [0, 0.05) is 66.8 Å². The van der Waals surface area contributed by atoms with Gasteiger partial charge in [0.2, 0.25) is 0 Å². The number of hydrogen-bond acceptors (Lipinski definition) is 14. The zero-order valence-corrected chi connectivity index (χ0v) is 53.2. The van der Waals surface area contributed by atoms with Crippen LogP contribution in [0.15, 0.2) is 0 Å². The van der Waals surface area contributed by atoms with E-state index in [0.717, 1.165) is 153 Å². The van der Waals surface area contributed by atoms with Gasteiger partial charge in [0.05, 0.1) is 48.8 Å². The maximum absolute atomic E-state index is 8.05. The summed E-state index contributed by atoms with van der Waals surface area (Å²) in [4.78, 5) is 0. The van der Waals surface area contributed by atoms with Gasteiger partial charge < -0.3 is 62.0 Å². The van der Waals surface area contributed by atoms with Gasteiger partial charge in [-0.05, 0) is 206 Å². The van der Waals surface area contributed by atoms with Gasteiger partial charge in [-0.1, -0.05) is 25.7 Å². The van der Waals surface area contributed by atoms with Gasteiger partial charge in [0.25, 0.3) is 0 Å². The minimum atomic E-state index is -3.77. The fourth-order valence-electron chi connectivity index (χ4n) is 13.4. The molecule has 1 heterocycles. The second kappa shape index (κ2) is 30.9. The van der Waals surface area contributed by atoms with E-state index in [1.165, 1.54) is 12.8 Å². The van der Waals surface area contributed by atoms with E-state index in [2.05, 4.69) is 41.5 Å². The molecule has 0 aromatic carbocycles. The van der Waals surface area contributed by atoms with Crippen molar-refractivity contribution in [2.24, 2.45) is 29.6 Å². The average Bonchev–Trinajstić information content (AvgIpc) is 3.39. The van der Waals surface area contributed by atoms with E-state index >= 15 is 0 Å². The van der Waals surface area contributed by atoms with Crippen LogP contribution in [0, 0.1) is 29.6 Å². The van der Waals surface area contributed by atoms with Crippen LogP contribution in [0.25, 0.3) is 0 Å². The van der Waals surface area contributed by atoms with Gasteiger partial charge in [0.1, 0.15) is 0 Å². The highest BCUT2D eigenvalue weighted by molar-refractivity contribution is 6.89. The molecule has 1 aliphatic heterocycles. The zero-order chi connectivity index (χ0) is 52.5. The summed E-state index contributed by atoms with van der Waals surface area (Å²) in [6.45, 7) is 12.9. The molecule has 1 saturated heterocycles. The first-order chi connectivity index (χ1) is 35.1. The van der Waals surface area contributed by atoms with Crippen molar-refractivity contribution in [2.75, 3.05) is 42.7 Å². The molecule has 0 N–H and O–H groups in total. The molecule has 0 spiro atoms. The zero-order valence-electron chi connectivity index (χ0n) is 48.2. The van der Waals surface area contributed by atoms with E-state index < -0.39 is 44.5 Å². The van der Waals surface area contributed by atoms with Crippen molar-refractivity contribution in [3.8, 4) is 0 Å². The summed E-state index contributed by atoms with van der Waals surface area (Å²) in [6.07, 6.45) is 27.9. The smallest absolute Gasteiger partial charge is 0.393 e. The molecule has 6 rings (SSSR count). The molecule has 14 nitrogen and oxygen atoms in total. The predicted molar refractivity (Wildman–Crippen MR) is 296 cm³/mol. The van der Waals surface area contributed by atoms with E-state index in [0.29, 0.717) is 72.1 Å². The Morgan fingerprint density at radius 3 is 1.36 bits per heavy atom. The van der Waals surface area contributed by atoms with Gasteiger partial charge in [-0.2, -0.15) is 0 Å². The lowest BCUT2D eigenvalue weighted by molar-refractivity contribution is -0.0202. The standard InChI is InChI=1S/C54H107O14Si5/c1-42(2)61-50-25-19-45(20-26-50)32-36-70(57-9)64-69(35-31-48-15-13-17-53(39-48)55-7)65-72(66-70,38-34-47-23-29-52(30-24-47)63-44(5)6)67-71(58-10,37-33-46-21-27-51(28-22-46)62-43(3)4)68-73(59-11,60-12)41-49-16-14-18-54(40-49)56-8/h42-54H,13-41H2,1-12H3. The Kier molecular flexibility index (Phi) is 26.6. The number of hydrogen-bond donors (Lipinski definition) is 0. The molecule has 0 amide bonds. The summed E-state index contributed by atoms with van der Waals surface area (Å²) < 4.78 is 96.4. The van der Waals surface area contributed by atoms with Crippen molar-refractivity contribution < 1.29 is 62.0 Å². The van der Waals surface area contributed by atoms with Crippen LogP contribution in [0.1, 0.15) is 196 Å². The highest BCUT2D eigenvalue weighted by Crippen LogP contribution is 2.45. The molecular formula is C54H107O14Si5. The Labute approximate surface area is 451 Å². The summed E-state index contributed by atoms with van der Waals surface area (Å²) in [5, 5.41) is 0. The molecule has 0 bridgehead atoms. The van der Waals surface area contributed by atoms with Crippen LogP contribution >= 0.6 is 0 Å². The number of methoxy groups -OCH3 is 2. The Morgan fingerprint density at radius 2 is 0.904 bits per heavy atom. The molecule has 1 radical (unpaired) electrons. The van der Waals surface area contributed by atoms with Crippen LogP contribution < -0.4 is 0 Å². The van der Waals surface area contributed by atoms with Gasteiger partial charge in [-0.25, -0.2) is 0 Å². The maximum Gasteiger partial charge on any atom is 0.493 e. The molecule has 6 aliphatic rings. The quantitative estimate of drug-likeness (QED) is 0.0633. The van der Waals surface area contributed by atoms with Crippen molar-refractivity contribution >= 4 is 44.5 Å². The molecule has 19 heteroatoms. The van der Waals surface area contributed by atoms with Crippen molar-refractivity contribution in [3.63, 3.8) is 0 Å². The molecule has 6 fully saturated rings. The topological polar surface area (TPSA) is 129 Å². The molecule has 427 valence electrons. The Bertz CT molecular complexity index is 1520. The first-order valence-electron chi connectivity index (χ1n) is 29.6. The molecular weight excluding hydrogens is 1010 g/mol. The van der Waals surface area contributed by atoms with Crippen LogP contribution in [0.5, 0.6) is 0 Å². The summed E-state index contributed by atoms with van der Waals surface area (Å²) in [7, 11) is -5.48. The minimum absolute atomic E-state index is 0.214. The first-order valence-corrected chi connectivity index (χ1v) is 38.9. The molecule has 7 unspecified atom stereocenters. The number of ether oxygens (including phenoxy) is 5. The van der Waals surface area contributed by atoms with Crippen LogP contribution in [-0.2, 0) is 62.0 Å². The highest BCUT2D eigenvalue weighted by atomic mass is 28.6. The monoisotopic (exact) mass is 1120 g/mol. The van der Waals surface area contributed by atoms with E-state index in [9.17, 15) is 0 Å².